The number of carbonyl (C=O) groups excluding carboxylic acids is 4. The minimum atomic E-state index is -4.27. The van der Waals surface area contributed by atoms with E-state index in [-0.39, 0.29) is 61.5 Å². The van der Waals surface area contributed by atoms with Gasteiger partial charge in [-0.3, -0.25) is 23.7 Å². The summed E-state index contributed by atoms with van der Waals surface area (Å²) in [5, 5.41) is 3.60. The number of para-hydroxylation sites is 1. The molecule has 1 aromatic heterocycles. The number of amides is 3. The van der Waals surface area contributed by atoms with Crippen molar-refractivity contribution in [3.05, 3.63) is 101 Å². The van der Waals surface area contributed by atoms with Crippen LogP contribution in [0.5, 0.6) is 5.75 Å². The lowest BCUT2D eigenvalue weighted by Crippen LogP contribution is -2.54. The maximum absolute atomic E-state index is 14.9. The van der Waals surface area contributed by atoms with Crippen LogP contribution in [0.4, 0.5) is 13.2 Å². The Hall–Kier alpha value is -5.18. The van der Waals surface area contributed by atoms with E-state index in [0.717, 1.165) is 29.7 Å². The van der Waals surface area contributed by atoms with Gasteiger partial charge in [0.15, 0.2) is 5.71 Å². The molecule has 12 nitrogen and oxygen atoms in total. The predicted molar refractivity (Wildman–Crippen MR) is 261 cm³/mol. The number of aliphatic imine (C=N–C) groups is 1. The van der Waals surface area contributed by atoms with E-state index in [1.165, 1.54) is 23.1 Å². The van der Waals surface area contributed by atoms with E-state index in [1.807, 2.05) is 59.7 Å². The molecule has 69 heavy (non-hydrogen) atoms. The van der Waals surface area contributed by atoms with Crippen molar-refractivity contribution < 1.29 is 50.8 Å². The van der Waals surface area contributed by atoms with Gasteiger partial charge in [-0.2, -0.15) is 13.2 Å². The highest BCUT2D eigenvalue weighted by Crippen LogP contribution is 2.55. The molecule has 1 saturated carbocycles. The number of fused-ring (bicyclic) bond motifs is 2. The Morgan fingerprint density at radius 1 is 1.01 bits per heavy atom. The second kappa shape index (κ2) is 21.4. The summed E-state index contributed by atoms with van der Waals surface area (Å²) in [6, 6.07) is 24.1. The van der Waals surface area contributed by atoms with Crippen molar-refractivity contribution >= 4 is 64.6 Å². The Morgan fingerprint density at radius 2 is 1.75 bits per heavy atom. The van der Waals surface area contributed by atoms with Gasteiger partial charge in [0.2, 0.25) is 11.8 Å². The smallest absolute Gasteiger partial charge is 0.389 e. The van der Waals surface area contributed by atoms with Gasteiger partial charge in [-0.15, -0.1) is 11.3 Å². The minimum absolute atomic E-state index is 0.0550. The van der Waals surface area contributed by atoms with Crippen LogP contribution in [0.3, 0.4) is 0 Å². The standard InChI is InChI=1S/C52H62F3N5O7PS/c1-4-27-66-50(64)35(3)57-68(65,67-43-15-10-7-11-16-43)34-36-17-22-45-39(28-36)29-46(69-45)47(61)56-32-38-18-19-41(58(5-2)26-12-23-52(53,54)55)30-42-20-21-44(60(42)48(38)62)49(63)59-33-40(31-51(59)24-25-51)37-13-8-6-9-14-37/h6-11,13-17,22,28-29,32,35,38,40,42,44H,4-5,12,18-21,23-27,30-31,33-34H2,1-3H3,(H,57,65)/q+1/t35-,38?,40+,42+,44-,68?/m0/s1. The van der Waals surface area contributed by atoms with Gasteiger partial charge in [0, 0.05) is 60.6 Å². The van der Waals surface area contributed by atoms with Gasteiger partial charge < -0.3 is 19.1 Å². The van der Waals surface area contributed by atoms with Crippen LogP contribution in [0.2, 0.25) is 0 Å². The molecule has 8 rings (SSSR count). The molecule has 3 aromatic carbocycles. The summed E-state index contributed by atoms with van der Waals surface area (Å²) in [6.45, 7) is 6.90. The summed E-state index contributed by atoms with van der Waals surface area (Å²) in [5.41, 5.74) is 2.56. The molecular weight excluding hydrogens is 927 g/mol. The largest absolute Gasteiger partial charge is 0.465 e. The van der Waals surface area contributed by atoms with Gasteiger partial charge in [0.1, 0.15) is 30.9 Å². The van der Waals surface area contributed by atoms with Crippen molar-refractivity contribution in [2.24, 2.45) is 10.9 Å². The predicted octanol–water partition coefficient (Wildman–Crippen LogP) is 10.3. The molecule has 1 spiro atoms. The fourth-order valence-corrected chi connectivity index (χ4v) is 13.4. The van der Waals surface area contributed by atoms with Gasteiger partial charge in [-0.1, -0.05) is 61.5 Å². The number of benzene rings is 3. The van der Waals surface area contributed by atoms with E-state index in [2.05, 4.69) is 22.2 Å². The van der Waals surface area contributed by atoms with Crippen molar-refractivity contribution in [3.63, 3.8) is 0 Å². The molecular formula is C52H62F3N5O7PS+. The Labute approximate surface area is 405 Å². The molecule has 2 unspecified atom stereocenters. The Morgan fingerprint density at radius 3 is 2.45 bits per heavy atom. The Kier molecular flexibility index (Phi) is 15.6. The van der Waals surface area contributed by atoms with Crippen LogP contribution in [0, 0.1) is 5.92 Å². The van der Waals surface area contributed by atoms with Crippen LogP contribution >= 0.6 is 18.9 Å². The van der Waals surface area contributed by atoms with Crippen LogP contribution in [0.1, 0.15) is 118 Å². The topological polar surface area (TPSA) is 138 Å². The summed E-state index contributed by atoms with van der Waals surface area (Å²) < 4.78 is 68.3. The lowest BCUT2D eigenvalue weighted by Gasteiger charge is -2.36. The lowest BCUT2D eigenvalue weighted by molar-refractivity contribution is -0.528. The first-order valence-electron chi connectivity index (χ1n) is 24.3. The Balaban J connectivity index is 1.03. The van der Waals surface area contributed by atoms with Gasteiger partial charge in [-0.25, -0.2) is 14.7 Å². The Bertz CT molecular complexity index is 2620. The number of halogens is 3. The van der Waals surface area contributed by atoms with Crippen molar-refractivity contribution in [1.29, 1.82) is 0 Å². The van der Waals surface area contributed by atoms with E-state index < -0.39 is 50.0 Å². The van der Waals surface area contributed by atoms with Crippen molar-refractivity contribution in [3.8, 4) is 5.75 Å². The van der Waals surface area contributed by atoms with Crippen LogP contribution < -0.4 is 9.61 Å². The zero-order valence-electron chi connectivity index (χ0n) is 39.5. The lowest BCUT2D eigenvalue weighted by atomic mass is 9.93. The first-order valence-corrected chi connectivity index (χ1v) is 26.9. The number of rotatable bonds is 17. The summed E-state index contributed by atoms with van der Waals surface area (Å²) in [7, 11) is -3.75. The minimum Gasteiger partial charge on any atom is -0.465 e. The zero-order chi connectivity index (χ0) is 48.9. The number of nitrogens with zero attached hydrogens (tertiary/aromatic N) is 4. The average molecular weight is 989 g/mol. The van der Waals surface area contributed by atoms with Crippen LogP contribution in [0.15, 0.2) is 89.9 Å². The molecule has 4 aromatic rings. The summed E-state index contributed by atoms with van der Waals surface area (Å²) in [6.07, 6.45) is 1.70. The molecule has 3 amide bonds. The first kappa shape index (κ1) is 50.2. The number of alkyl halides is 3. The number of ether oxygens (including phenoxy) is 1. The summed E-state index contributed by atoms with van der Waals surface area (Å²) in [4.78, 5) is 64.7. The van der Waals surface area contributed by atoms with E-state index >= 15 is 0 Å². The SMILES string of the molecule is CCCOC(=O)[C@H](C)NP(=O)(Cc1ccc2sc(C(=O)N=CC3CCC(=[N+](CC)CCCC(F)(F)F)C[C@H]4CC[C@@H](C(=O)N5C[C@H](c6ccccc6)CC56CC6)N4C3=O)cc2c1)Oc1ccccc1. The molecule has 3 aliphatic heterocycles. The second-order valence-corrected chi connectivity index (χ2v) is 22.2. The second-order valence-electron chi connectivity index (χ2n) is 19.0. The average Bonchev–Trinajstić information content (AvgIpc) is 3.59. The highest BCUT2D eigenvalue weighted by molar-refractivity contribution is 7.56. The monoisotopic (exact) mass is 988 g/mol. The highest BCUT2D eigenvalue weighted by Gasteiger charge is 2.58. The number of esters is 1. The molecule has 368 valence electrons. The fraction of sp³-hybridized carbons (Fsp3) is 0.500. The molecule has 6 atom stereocenters. The number of hydrogen-bond acceptors (Lipinski definition) is 8. The third-order valence-corrected chi connectivity index (χ3v) is 17.2. The summed E-state index contributed by atoms with van der Waals surface area (Å²) >= 11 is 1.23. The van der Waals surface area contributed by atoms with E-state index in [4.69, 9.17) is 9.26 Å². The van der Waals surface area contributed by atoms with E-state index in [1.54, 1.807) is 48.2 Å². The highest BCUT2D eigenvalue weighted by atomic mass is 32.1. The maximum Gasteiger partial charge on any atom is 0.389 e. The molecule has 4 fully saturated rings. The van der Waals surface area contributed by atoms with Gasteiger partial charge in [0.05, 0.1) is 23.6 Å². The van der Waals surface area contributed by atoms with Gasteiger partial charge in [0.25, 0.3) is 5.91 Å². The number of hydrogen-bond donors (Lipinski definition) is 1. The molecule has 1 N–H and O–H groups in total. The van der Waals surface area contributed by atoms with Crippen molar-refractivity contribution in [2.45, 2.75) is 133 Å². The third kappa shape index (κ3) is 12.1. The molecule has 1 aliphatic carbocycles. The summed E-state index contributed by atoms with van der Waals surface area (Å²) in [5.74, 6) is -1.71. The fourth-order valence-electron chi connectivity index (χ4n) is 10.4. The molecule has 4 heterocycles. The van der Waals surface area contributed by atoms with Crippen LogP contribution in [-0.4, -0.2) is 106 Å². The van der Waals surface area contributed by atoms with Crippen molar-refractivity contribution in [2.75, 3.05) is 26.2 Å². The number of likely N-dealkylation sites (tertiary alicyclic amines) is 1. The zero-order valence-corrected chi connectivity index (χ0v) is 41.2. The normalized spacial score (nSPS) is 23.4. The quantitative estimate of drug-likeness (QED) is 0.0478. The molecule has 3 saturated heterocycles. The van der Waals surface area contributed by atoms with Crippen molar-refractivity contribution in [1.82, 2.24) is 14.9 Å². The number of carbonyl (C=O) groups is 4. The maximum atomic E-state index is 14.9. The van der Waals surface area contributed by atoms with Gasteiger partial charge in [-0.05, 0) is 106 Å². The van der Waals surface area contributed by atoms with Crippen LogP contribution in [-0.2, 0) is 29.8 Å². The number of nitrogens with one attached hydrogen (secondary N) is 1. The van der Waals surface area contributed by atoms with Gasteiger partial charge >= 0.3 is 19.7 Å². The molecule has 0 radical (unpaired) electrons. The van der Waals surface area contributed by atoms with Crippen LogP contribution in [0.25, 0.3) is 10.1 Å². The molecule has 17 heteroatoms. The molecule has 4 aliphatic rings. The third-order valence-electron chi connectivity index (χ3n) is 14.0. The van der Waals surface area contributed by atoms with E-state index in [9.17, 15) is 36.9 Å². The number of thiophene rings is 1. The van der Waals surface area contributed by atoms with E-state index in [0.29, 0.717) is 66.8 Å². The first-order chi connectivity index (χ1) is 33.1. The molecule has 0 bridgehead atoms.